The van der Waals surface area contributed by atoms with Crippen LogP contribution in [-0.4, -0.2) is 7.11 Å². The first-order valence-electron chi connectivity index (χ1n) is 5.91. The molecule has 0 aliphatic rings. The van der Waals surface area contributed by atoms with Gasteiger partial charge in [-0.15, -0.1) is 0 Å². The Morgan fingerprint density at radius 1 is 1.06 bits per heavy atom. The Bertz CT molecular complexity index is 490. The first-order chi connectivity index (χ1) is 8.83. The second kappa shape index (κ2) is 6.03. The minimum absolute atomic E-state index is 0.720. The Labute approximate surface area is 108 Å². The molecule has 0 aromatic heterocycles. The number of hydrogen-bond donors (Lipinski definition) is 0. The molecule has 92 valence electrons. The van der Waals surface area contributed by atoms with Crippen molar-refractivity contribution >= 4 is 11.8 Å². The lowest BCUT2D eigenvalue weighted by Gasteiger charge is -2.21. The van der Waals surface area contributed by atoms with Gasteiger partial charge in [-0.05, 0) is 23.3 Å². The van der Waals surface area contributed by atoms with Crippen molar-refractivity contribution in [3.05, 3.63) is 72.3 Å². The zero-order valence-corrected chi connectivity index (χ0v) is 10.5. The minimum atomic E-state index is 0.720. The van der Waals surface area contributed by atoms with Crippen LogP contribution in [0.4, 0.5) is 5.69 Å². The van der Waals surface area contributed by atoms with Crippen molar-refractivity contribution in [2.24, 2.45) is 0 Å². The maximum absolute atomic E-state index is 5.41. The van der Waals surface area contributed by atoms with Crippen LogP contribution in [0, 0.1) is 0 Å². The Balaban J connectivity index is 2.12. The van der Waals surface area contributed by atoms with E-state index in [1.165, 1.54) is 5.56 Å². The lowest BCUT2D eigenvalue weighted by molar-refractivity contribution is 0.163. The molecular weight excluding hydrogens is 222 g/mol. The molecule has 0 heterocycles. The molecule has 0 radical (unpaired) electrons. The van der Waals surface area contributed by atoms with Crippen molar-refractivity contribution in [1.29, 1.82) is 0 Å². The predicted molar refractivity (Wildman–Crippen MR) is 76.2 cm³/mol. The van der Waals surface area contributed by atoms with Crippen molar-refractivity contribution < 1.29 is 4.84 Å². The molecule has 2 heteroatoms. The van der Waals surface area contributed by atoms with Gasteiger partial charge in [-0.2, -0.15) is 0 Å². The van der Waals surface area contributed by atoms with Crippen LogP contribution in [0.1, 0.15) is 11.1 Å². The number of hydroxylamine groups is 1. The number of anilines is 1. The SMILES string of the molecule is C=Cc1ccc(CN(OC)c2ccccc2)cc1. The summed E-state index contributed by atoms with van der Waals surface area (Å²) < 4.78 is 0. The fraction of sp³-hybridized carbons (Fsp3) is 0.125. The third-order valence-corrected chi connectivity index (χ3v) is 2.81. The maximum Gasteiger partial charge on any atom is 0.0706 e. The summed E-state index contributed by atoms with van der Waals surface area (Å²) in [7, 11) is 1.69. The number of hydrogen-bond acceptors (Lipinski definition) is 2. The first kappa shape index (κ1) is 12.4. The van der Waals surface area contributed by atoms with Crippen molar-refractivity contribution in [2.75, 3.05) is 12.2 Å². The summed E-state index contributed by atoms with van der Waals surface area (Å²) in [5.74, 6) is 0. The van der Waals surface area contributed by atoms with Gasteiger partial charge in [-0.25, -0.2) is 0 Å². The molecule has 0 fully saturated rings. The monoisotopic (exact) mass is 239 g/mol. The molecule has 0 saturated heterocycles. The van der Waals surface area contributed by atoms with Gasteiger partial charge in [0.1, 0.15) is 0 Å². The topological polar surface area (TPSA) is 12.5 Å². The summed E-state index contributed by atoms with van der Waals surface area (Å²) >= 11 is 0. The average molecular weight is 239 g/mol. The average Bonchev–Trinajstić information content (AvgIpc) is 2.46. The van der Waals surface area contributed by atoms with Crippen LogP contribution in [-0.2, 0) is 11.4 Å². The summed E-state index contributed by atoms with van der Waals surface area (Å²) in [6.45, 7) is 4.47. The van der Waals surface area contributed by atoms with Gasteiger partial charge in [0.2, 0.25) is 0 Å². The van der Waals surface area contributed by atoms with E-state index in [0.717, 1.165) is 17.8 Å². The van der Waals surface area contributed by atoms with Crippen LogP contribution in [0.5, 0.6) is 0 Å². The van der Waals surface area contributed by atoms with Gasteiger partial charge in [-0.1, -0.05) is 55.1 Å². The van der Waals surface area contributed by atoms with Crippen LogP contribution >= 0.6 is 0 Å². The molecule has 0 N–H and O–H groups in total. The molecule has 2 nitrogen and oxygen atoms in total. The van der Waals surface area contributed by atoms with Crippen LogP contribution in [0.15, 0.2) is 61.2 Å². The maximum atomic E-state index is 5.41. The van der Waals surface area contributed by atoms with Gasteiger partial charge in [0.15, 0.2) is 0 Å². The normalized spacial score (nSPS) is 10.1. The van der Waals surface area contributed by atoms with Gasteiger partial charge in [0.25, 0.3) is 0 Å². The number of para-hydroxylation sites is 1. The van der Waals surface area contributed by atoms with Crippen LogP contribution in [0.2, 0.25) is 0 Å². The summed E-state index contributed by atoms with van der Waals surface area (Å²) in [4.78, 5) is 5.41. The Morgan fingerprint density at radius 3 is 2.28 bits per heavy atom. The lowest BCUT2D eigenvalue weighted by Crippen LogP contribution is -2.20. The van der Waals surface area contributed by atoms with E-state index >= 15 is 0 Å². The smallest absolute Gasteiger partial charge is 0.0706 e. The standard InChI is InChI=1S/C16H17NO/c1-3-14-9-11-15(12-10-14)13-17(18-2)16-7-5-4-6-8-16/h3-12H,1,13H2,2H3. The van der Waals surface area contributed by atoms with E-state index < -0.39 is 0 Å². The van der Waals surface area contributed by atoms with Gasteiger partial charge in [0, 0.05) is 0 Å². The molecule has 0 amide bonds. The molecule has 2 aromatic rings. The van der Waals surface area contributed by atoms with Crippen molar-refractivity contribution in [3.8, 4) is 0 Å². The molecule has 2 aromatic carbocycles. The van der Waals surface area contributed by atoms with E-state index in [-0.39, 0.29) is 0 Å². The van der Waals surface area contributed by atoms with Crippen LogP contribution in [0.25, 0.3) is 6.08 Å². The van der Waals surface area contributed by atoms with Gasteiger partial charge < -0.3 is 0 Å². The van der Waals surface area contributed by atoms with E-state index in [2.05, 4.69) is 30.8 Å². The van der Waals surface area contributed by atoms with Gasteiger partial charge in [0.05, 0.1) is 19.3 Å². The van der Waals surface area contributed by atoms with Crippen molar-refractivity contribution in [2.45, 2.75) is 6.54 Å². The van der Waals surface area contributed by atoms with Crippen LogP contribution < -0.4 is 5.06 Å². The Morgan fingerprint density at radius 2 is 1.72 bits per heavy atom. The van der Waals surface area contributed by atoms with E-state index in [9.17, 15) is 0 Å². The van der Waals surface area contributed by atoms with Crippen molar-refractivity contribution in [3.63, 3.8) is 0 Å². The van der Waals surface area contributed by atoms with Gasteiger partial charge in [-0.3, -0.25) is 9.90 Å². The Kier molecular flexibility index (Phi) is 4.15. The highest BCUT2D eigenvalue weighted by atomic mass is 16.7. The molecule has 0 bridgehead atoms. The molecule has 0 aliphatic heterocycles. The summed E-state index contributed by atoms with van der Waals surface area (Å²) in [5.41, 5.74) is 3.38. The molecule has 0 atom stereocenters. The second-order valence-electron chi connectivity index (χ2n) is 4.00. The van der Waals surface area contributed by atoms with Crippen molar-refractivity contribution in [1.82, 2.24) is 0 Å². The first-order valence-corrected chi connectivity index (χ1v) is 5.91. The number of nitrogens with zero attached hydrogens (tertiary/aromatic N) is 1. The summed E-state index contributed by atoms with van der Waals surface area (Å²) in [6, 6.07) is 18.4. The lowest BCUT2D eigenvalue weighted by atomic mass is 10.1. The van der Waals surface area contributed by atoms with Gasteiger partial charge >= 0.3 is 0 Å². The number of benzene rings is 2. The highest BCUT2D eigenvalue weighted by Crippen LogP contribution is 2.17. The van der Waals surface area contributed by atoms with E-state index in [1.807, 2.05) is 41.5 Å². The minimum Gasteiger partial charge on any atom is -0.276 e. The fourth-order valence-corrected chi connectivity index (χ4v) is 1.78. The van der Waals surface area contributed by atoms with E-state index in [4.69, 9.17) is 4.84 Å². The zero-order valence-electron chi connectivity index (χ0n) is 10.5. The molecule has 0 unspecified atom stereocenters. The zero-order chi connectivity index (χ0) is 12.8. The van der Waals surface area contributed by atoms with E-state index in [0.29, 0.717) is 0 Å². The molecular formula is C16H17NO. The largest absolute Gasteiger partial charge is 0.276 e. The predicted octanol–water partition coefficient (Wildman–Crippen LogP) is 3.90. The molecule has 2 rings (SSSR count). The quantitative estimate of drug-likeness (QED) is 0.734. The third-order valence-electron chi connectivity index (χ3n) is 2.81. The molecule has 18 heavy (non-hydrogen) atoms. The summed E-state index contributed by atoms with van der Waals surface area (Å²) in [5, 5.41) is 1.86. The molecule has 0 spiro atoms. The number of rotatable bonds is 5. The van der Waals surface area contributed by atoms with Crippen LogP contribution in [0.3, 0.4) is 0 Å². The Hall–Kier alpha value is -2.06. The third kappa shape index (κ3) is 2.99. The molecule has 0 aliphatic carbocycles. The van der Waals surface area contributed by atoms with E-state index in [1.54, 1.807) is 7.11 Å². The highest BCUT2D eigenvalue weighted by Gasteiger charge is 2.05. The fourth-order valence-electron chi connectivity index (χ4n) is 1.78. The second-order valence-corrected chi connectivity index (χ2v) is 4.00. The molecule has 0 saturated carbocycles. The summed E-state index contributed by atoms with van der Waals surface area (Å²) in [6.07, 6.45) is 1.84. The highest BCUT2D eigenvalue weighted by molar-refractivity contribution is 5.48.